The first-order chi connectivity index (χ1) is 9.71. The van der Waals surface area contributed by atoms with Gasteiger partial charge in [0.05, 0.1) is 17.2 Å². The number of methoxy groups -OCH3 is 1. The molecule has 6 nitrogen and oxygen atoms in total. The lowest BCUT2D eigenvalue weighted by Gasteiger charge is -2.09. The van der Waals surface area contributed by atoms with E-state index in [0.717, 1.165) is 28.9 Å². The lowest BCUT2D eigenvalue weighted by atomic mass is 10.4. The van der Waals surface area contributed by atoms with E-state index in [-0.39, 0.29) is 0 Å². The van der Waals surface area contributed by atoms with Crippen LogP contribution in [-0.4, -0.2) is 28.6 Å². The highest BCUT2D eigenvalue weighted by Crippen LogP contribution is 2.14. The molecule has 0 saturated carbocycles. The van der Waals surface area contributed by atoms with Gasteiger partial charge in [-0.15, -0.1) is 11.3 Å². The number of anilines is 2. The van der Waals surface area contributed by atoms with E-state index in [1.165, 1.54) is 0 Å². The number of aromatic nitrogens is 3. The zero-order chi connectivity index (χ0) is 14.4. The van der Waals surface area contributed by atoms with Gasteiger partial charge in [-0.1, -0.05) is 0 Å². The van der Waals surface area contributed by atoms with E-state index in [2.05, 4.69) is 25.6 Å². The molecule has 0 amide bonds. The van der Waals surface area contributed by atoms with E-state index in [1.54, 1.807) is 18.4 Å². The number of hydrogen-bond acceptors (Lipinski definition) is 7. The highest BCUT2D eigenvalue weighted by Gasteiger charge is 2.05. The van der Waals surface area contributed by atoms with E-state index in [4.69, 9.17) is 4.74 Å². The van der Waals surface area contributed by atoms with Crippen molar-refractivity contribution in [2.45, 2.75) is 27.0 Å². The normalized spacial score (nSPS) is 10.6. The molecular formula is C13H19N5OS. The smallest absolute Gasteiger partial charge is 0.158 e. The molecule has 2 rings (SSSR count). The van der Waals surface area contributed by atoms with Crippen molar-refractivity contribution >= 4 is 23.0 Å². The summed E-state index contributed by atoms with van der Waals surface area (Å²) in [6, 6.07) is 1.89. The Morgan fingerprint density at radius 1 is 1.20 bits per heavy atom. The largest absolute Gasteiger partial charge is 0.377 e. The third-order valence-electron chi connectivity index (χ3n) is 2.52. The molecule has 0 spiro atoms. The van der Waals surface area contributed by atoms with Crippen molar-refractivity contribution in [1.82, 2.24) is 15.0 Å². The topological polar surface area (TPSA) is 72.0 Å². The summed E-state index contributed by atoms with van der Waals surface area (Å²) < 4.78 is 5.09. The predicted molar refractivity (Wildman–Crippen MR) is 81.1 cm³/mol. The number of nitrogens with zero attached hydrogens (tertiary/aromatic N) is 3. The van der Waals surface area contributed by atoms with Gasteiger partial charge in [-0.05, 0) is 13.8 Å². The summed E-state index contributed by atoms with van der Waals surface area (Å²) in [5.74, 6) is 2.23. The van der Waals surface area contributed by atoms with Crippen LogP contribution in [0.1, 0.15) is 23.4 Å². The average Bonchev–Trinajstić information content (AvgIpc) is 2.83. The van der Waals surface area contributed by atoms with Gasteiger partial charge in [0.25, 0.3) is 0 Å². The number of thiazole rings is 1. The summed E-state index contributed by atoms with van der Waals surface area (Å²) in [7, 11) is 1.63. The van der Waals surface area contributed by atoms with Crippen LogP contribution in [0.2, 0.25) is 0 Å². The van der Waals surface area contributed by atoms with E-state index in [1.807, 2.05) is 25.3 Å². The second-order valence-corrected chi connectivity index (χ2v) is 5.29. The molecule has 0 aliphatic heterocycles. The number of rotatable bonds is 7. The molecule has 7 heteroatoms. The Morgan fingerprint density at radius 2 is 1.95 bits per heavy atom. The van der Waals surface area contributed by atoms with Crippen LogP contribution in [0, 0.1) is 6.92 Å². The quantitative estimate of drug-likeness (QED) is 0.817. The zero-order valence-electron chi connectivity index (χ0n) is 11.9. The van der Waals surface area contributed by atoms with Gasteiger partial charge in [0, 0.05) is 25.1 Å². The summed E-state index contributed by atoms with van der Waals surface area (Å²) in [4.78, 5) is 13.2. The van der Waals surface area contributed by atoms with E-state index < -0.39 is 0 Å². The van der Waals surface area contributed by atoms with E-state index >= 15 is 0 Å². The van der Waals surface area contributed by atoms with Gasteiger partial charge in [-0.3, -0.25) is 0 Å². The summed E-state index contributed by atoms with van der Waals surface area (Å²) in [6.07, 6.45) is 0. The van der Waals surface area contributed by atoms with Gasteiger partial charge in [0.15, 0.2) is 5.82 Å². The average molecular weight is 293 g/mol. The second-order valence-electron chi connectivity index (χ2n) is 4.23. The minimum absolute atomic E-state index is 0.393. The Balaban J connectivity index is 2.08. The van der Waals surface area contributed by atoms with Crippen molar-refractivity contribution in [3.63, 3.8) is 0 Å². The van der Waals surface area contributed by atoms with Gasteiger partial charge in [-0.2, -0.15) is 0 Å². The maximum absolute atomic E-state index is 5.09. The highest BCUT2D eigenvalue weighted by atomic mass is 32.1. The monoisotopic (exact) mass is 293 g/mol. The molecule has 0 bridgehead atoms. The third kappa shape index (κ3) is 4.14. The van der Waals surface area contributed by atoms with Crippen LogP contribution < -0.4 is 10.6 Å². The molecule has 0 saturated heterocycles. The van der Waals surface area contributed by atoms with Gasteiger partial charge >= 0.3 is 0 Å². The van der Waals surface area contributed by atoms with Crippen molar-refractivity contribution in [2.24, 2.45) is 0 Å². The minimum atomic E-state index is 0.393. The Labute approximate surface area is 122 Å². The van der Waals surface area contributed by atoms with Gasteiger partial charge in [-0.25, -0.2) is 15.0 Å². The second kappa shape index (κ2) is 7.16. The van der Waals surface area contributed by atoms with Crippen molar-refractivity contribution in [1.29, 1.82) is 0 Å². The molecule has 20 heavy (non-hydrogen) atoms. The van der Waals surface area contributed by atoms with Crippen LogP contribution >= 0.6 is 11.3 Å². The summed E-state index contributed by atoms with van der Waals surface area (Å²) >= 11 is 1.65. The Morgan fingerprint density at radius 3 is 2.55 bits per heavy atom. The molecule has 0 atom stereocenters. The maximum atomic E-state index is 5.09. The fourth-order valence-electron chi connectivity index (χ4n) is 1.72. The Bertz CT molecular complexity index is 533. The molecule has 0 aliphatic rings. The number of ether oxygens (including phenoxy) is 1. The van der Waals surface area contributed by atoms with Crippen LogP contribution in [0.5, 0.6) is 0 Å². The first kappa shape index (κ1) is 14.7. The van der Waals surface area contributed by atoms with Crippen LogP contribution in [0.15, 0.2) is 11.4 Å². The molecule has 0 unspecified atom stereocenters. The number of aryl methyl sites for hydroxylation is 1. The lowest BCUT2D eigenvalue weighted by Crippen LogP contribution is -2.08. The van der Waals surface area contributed by atoms with Gasteiger partial charge < -0.3 is 15.4 Å². The SMILES string of the molecule is CCNc1cc(NCc2csc(C)n2)nc(COC)n1. The van der Waals surface area contributed by atoms with Crippen LogP contribution in [0.3, 0.4) is 0 Å². The summed E-state index contributed by atoms with van der Waals surface area (Å²) in [5, 5.41) is 9.57. The van der Waals surface area contributed by atoms with Crippen molar-refractivity contribution in [3.05, 3.63) is 28.0 Å². The van der Waals surface area contributed by atoms with Crippen molar-refractivity contribution in [2.75, 3.05) is 24.3 Å². The highest BCUT2D eigenvalue weighted by molar-refractivity contribution is 7.09. The summed E-state index contributed by atoms with van der Waals surface area (Å²) in [5.41, 5.74) is 1.02. The first-order valence-corrected chi connectivity index (χ1v) is 7.35. The van der Waals surface area contributed by atoms with Crippen molar-refractivity contribution < 1.29 is 4.74 Å². The van der Waals surface area contributed by atoms with Gasteiger partial charge in [0.2, 0.25) is 0 Å². The fourth-order valence-corrected chi connectivity index (χ4v) is 2.34. The molecular weight excluding hydrogens is 274 g/mol. The number of nitrogens with one attached hydrogen (secondary N) is 2. The Hall–Kier alpha value is -1.73. The van der Waals surface area contributed by atoms with Gasteiger partial charge in [0.1, 0.15) is 18.2 Å². The van der Waals surface area contributed by atoms with Crippen LogP contribution in [0.25, 0.3) is 0 Å². The maximum Gasteiger partial charge on any atom is 0.158 e. The first-order valence-electron chi connectivity index (χ1n) is 6.47. The van der Waals surface area contributed by atoms with Crippen molar-refractivity contribution in [3.8, 4) is 0 Å². The molecule has 0 fully saturated rings. The molecule has 2 aromatic rings. The molecule has 0 aliphatic carbocycles. The third-order valence-corrected chi connectivity index (χ3v) is 3.34. The molecule has 2 N–H and O–H groups in total. The predicted octanol–water partition coefficient (Wildman–Crippen LogP) is 2.43. The fraction of sp³-hybridized carbons (Fsp3) is 0.462. The minimum Gasteiger partial charge on any atom is -0.377 e. The molecule has 108 valence electrons. The Kier molecular flexibility index (Phi) is 5.25. The van der Waals surface area contributed by atoms with Crippen LogP contribution in [0.4, 0.5) is 11.6 Å². The van der Waals surface area contributed by atoms with E-state index in [9.17, 15) is 0 Å². The summed E-state index contributed by atoms with van der Waals surface area (Å²) in [6.45, 7) is 5.89. The molecule has 0 aromatic carbocycles. The lowest BCUT2D eigenvalue weighted by molar-refractivity contribution is 0.178. The molecule has 2 heterocycles. The van der Waals surface area contributed by atoms with Crippen LogP contribution in [-0.2, 0) is 17.9 Å². The molecule has 0 radical (unpaired) electrons. The standard InChI is InChI=1S/C13H19N5OS/c1-4-14-11-5-12(18-13(17-11)7-19-3)15-6-10-8-20-9(2)16-10/h5,8H,4,6-7H2,1-3H3,(H2,14,15,17,18). The zero-order valence-corrected chi connectivity index (χ0v) is 12.8. The van der Waals surface area contributed by atoms with E-state index in [0.29, 0.717) is 19.0 Å². The number of hydrogen-bond donors (Lipinski definition) is 2. The molecule has 2 aromatic heterocycles.